The number of H-pyrrole nitrogens is 1. The number of amides is 3. The van der Waals surface area contributed by atoms with Gasteiger partial charge < -0.3 is 10.3 Å². The Bertz CT molecular complexity index is 938. The molecule has 0 unspecified atom stereocenters. The van der Waals surface area contributed by atoms with Crippen LogP contribution in [0.3, 0.4) is 0 Å². The predicted molar refractivity (Wildman–Crippen MR) is 103 cm³/mol. The van der Waals surface area contributed by atoms with E-state index in [4.69, 9.17) is 12.2 Å². The van der Waals surface area contributed by atoms with E-state index >= 15 is 0 Å². The van der Waals surface area contributed by atoms with Gasteiger partial charge in [0.2, 0.25) is 0 Å². The van der Waals surface area contributed by atoms with Crippen LogP contribution in [0.4, 0.5) is 4.79 Å². The number of nitrogens with zero attached hydrogens (tertiary/aromatic N) is 1. The maximum atomic E-state index is 12.4. The summed E-state index contributed by atoms with van der Waals surface area (Å²) in [7, 11) is 0. The Labute approximate surface area is 159 Å². The van der Waals surface area contributed by atoms with Crippen molar-refractivity contribution in [3.63, 3.8) is 0 Å². The van der Waals surface area contributed by atoms with E-state index in [1.54, 1.807) is 24.4 Å². The van der Waals surface area contributed by atoms with E-state index in [9.17, 15) is 14.4 Å². The van der Waals surface area contributed by atoms with Crippen LogP contribution in [0.5, 0.6) is 0 Å². The van der Waals surface area contributed by atoms with Crippen LogP contribution in [-0.2, 0) is 4.79 Å². The van der Waals surface area contributed by atoms with Gasteiger partial charge in [0.05, 0.1) is 10.5 Å². The molecule has 1 aliphatic heterocycles. The van der Waals surface area contributed by atoms with E-state index in [-0.39, 0.29) is 30.1 Å². The summed E-state index contributed by atoms with van der Waals surface area (Å²) in [6.07, 6.45) is 3.32. The molecular weight excluding hydrogens is 370 g/mol. The van der Waals surface area contributed by atoms with Gasteiger partial charge in [0.15, 0.2) is 0 Å². The Morgan fingerprint density at radius 3 is 2.69 bits per heavy atom. The van der Waals surface area contributed by atoms with Crippen LogP contribution in [0.2, 0.25) is 0 Å². The number of hydrogen-bond donors (Lipinski definition) is 2. The van der Waals surface area contributed by atoms with Crippen molar-refractivity contribution in [2.24, 2.45) is 0 Å². The van der Waals surface area contributed by atoms with Crippen LogP contribution >= 0.6 is 24.0 Å². The number of aromatic nitrogens is 1. The Kier molecular flexibility index (Phi) is 5.65. The van der Waals surface area contributed by atoms with Crippen molar-refractivity contribution in [3.8, 4) is 0 Å². The molecule has 0 bridgehead atoms. The first-order valence-corrected chi connectivity index (χ1v) is 9.05. The van der Waals surface area contributed by atoms with Crippen LogP contribution in [0.1, 0.15) is 15.9 Å². The zero-order valence-electron chi connectivity index (χ0n) is 13.6. The normalized spacial score (nSPS) is 15.5. The highest BCUT2D eigenvalue weighted by molar-refractivity contribution is 8.18. The second-order valence-electron chi connectivity index (χ2n) is 5.41. The fraction of sp³-hybridized carbons (Fsp3) is 0.111. The number of benzene rings is 1. The van der Waals surface area contributed by atoms with Crippen molar-refractivity contribution in [1.29, 1.82) is 0 Å². The molecule has 2 aromatic rings. The van der Waals surface area contributed by atoms with E-state index < -0.39 is 0 Å². The minimum Gasteiger partial charge on any atom is -0.352 e. The van der Waals surface area contributed by atoms with Crippen molar-refractivity contribution >= 4 is 47.1 Å². The van der Waals surface area contributed by atoms with Gasteiger partial charge in [0, 0.05) is 19.3 Å². The lowest BCUT2D eigenvalue weighted by atomic mass is 10.2. The summed E-state index contributed by atoms with van der Waals surface area (Å²) < 4.78 is 0.335. The molecule has 2 heterocycles. The lowest BCUT2D eigenvalue weighted by molar-refractivity contribution is -0.122. The van der Waals surface area contributed by atoms with Gasteiger partial charge in [-0.1, -0.05) is 42.5 Å². The second-order valence-corrected chi connectivity index (χ2v) is 6.81. The Balaban J connectivity index is 1.60. The Morgan fingerprint density at radius 2 is 1.96 bits per heavy atom. The number of thioether (sulfide) groups is 1. The minimum absolute atomic E-state index is 0.103. The van der Waals surface area contributed by atoms with Crippen molar-refractivity contribution < 1.29 is 14.4 Å². The van der Waals surface area contributed by atoms with Gasteiger partial charge in [-0.05, 0) is 35.5 Å². The van der Waals surface area contributed by atoms with E-state index in [0.717, 1.165) is 22.2 Å². The van der Waals surface area contributed by atoms with Crippen molar-refractivity contribution in [1.82, 2.24) is 15.2 Å². The molecule has 3 rings (SSSR count). The summed E-state index contributed by atoms with van der Waals surface area (Å²) in [5.74, 6) is -0.700. The van der Waals surface area contributed by atoms with Gasteiger partial charge in [-0.25, -0.2) is 0 Å². The first-order valence-electron chi connectivity index (χ1n) is 7.82. The highest BCUT2D eigenvalue weighted by atomic mass is 32.2. The molecule has 2 N–H and O–H groups in total. The third kappa shape index (κ3) is 4.09. The molecule has 1 aliphatic rings. The molecular formula is C18H15N3O3S2. The number of rotatable bonds is 5. The number of nitrogens with one attached hydrogen (secondary N) is 2. The average molecular weight is 385 g/mol. The predicted octanol–water partition coefficient (Wildman–Crippen LogP) is 3.21. The fourth-order valence-corrected chi connectivity index (χ4v) is 3.46. The quantitative estimate of drug-likeness (QED) is 0.610. The van der Waals surface area contributed by atoms with Crippen molar-refractivity contribution in [2.75, 3.05) is 13.1 Å². The zero-order chi connectivity index (χ0) is 18.5. The number of pyridine rings is 1. The summed E-state index contributed by atoms with van der Waals surface area (Å²) in [5.41, 5.74) is 1.20. The molecule has 0 radical (unpaired) electrons. The minimum atomic E-state index is -0.352. The summed E-state index contributed by atoms with van der Waals surface area (Å²) in [5, 5.41) is 2.33. The number of carbonyl (C=O) groups is 3. The topological polar surface area (TPSA) is 82.3 Å². The summed E-state index contributed by atoms with van der Waals surface area (Å²) in [6, 6.07) is 12.6. The van der Waals surface area contributed by atoms with Gasteiger partial charge in [-0.2, -0.15) is 0 Å². The molecule has 1 aromatic heterocycles. The van der Waals surface area contributed by atoms with Gasteiger partial charge in [0.1, 0.15) is 4.64 Å². The molecule has 0 atom stereocenters. The van der Waals surface area contributed by atoms with Crippen LogP contribution in [0, 0.1) is 4.64 Å². The molecule has 26 heavy (non-hydrogen) atoms. The molecule has 1 saturated heterocycles. The highest BCUT2D eigenvalue weighted by Crippen LogP contribution is 2.31. The van der Waals surface area contributed by atoms with Gasteiger partial charge >= 0.3 is 0 Å². The van der Waals surface area contributed by atoms with Crippen LogP contribution in [-0.4, -0.2) is 40.0 Å². The van der Waals surface area contributed by atoms with Crippen molar-refractivity contribution in [3.05, 3.63) is 69.3 Å². The summed E-state index contributed by atoms with van der Waals surface area (Å²) in [4.78, 5) is 40.9. The third-order valence-electron chi connectivity index (χ3n) is 3.65. The average Bonchev–Trinajstić information content (AvgIpc) is 2.90. The smallest absolute Gasteiger partial charge is 0.293 e. The maximum Gasteiger partial charge on any atom is 0.293 e. The summed E-state index contributed by atoms with van der Waals surface area (Å²) in [6.45, 7) is 0.255. The molecule has 1 fully saturated rings. The van der Waals surface area contributed by atoms with E-state index in [1.165, 1.54) is 0 Å². The largest absolute Gasteiger partial charge is 0.352 e. The standard InChI is InChI=1S/C18H15N3O3S2/c22-15(13-7-4-8-20-16(13)25)19-9-10-21-17(23)14(26-18(21)24)11-12-5-2-1-3-6-12/h1-8,11H,9-10H2,(H,19,22)(H,20,25)/b14-11-. The lowest BCUT2D eigenvalue weighted by Crippen LogP contribution is -2.37. The zero-order valence-corrected chi connectivity index (χ0v) is 15.2. The maximum absolute atomic E-state index is 12.4. The van der Waals surface area contributed by atoms with Crippen molar-refractivity contribution in [2.45, 2.75) is 0 Å². The first-order chi connectivity index (χ1) is 12.6. The fourth-order valence-electron chi connectivity index (χ4n) is 2.37. The second kappa shape index (κ2) is 8.11. The highest BCUT2D eigenvalue weighted by Gasteiger charge is 2.34. The molecule has 3 amide bonds. The Morgan fingerprint density at radius 1 is 1.19 bits per heavy atom. The molecule has 1 aromatic carbocycles. The molecule has 8 heteroatoms. The van der Waals surface area contributed by atoms with Crippen LogP contribution in [0.15, 0.2) is 53.6 Å². The van der Waals surface area contributed by atoms with Crippen LogP contribution < -0.4 is 5.32 Å². The third-order valence-corrected chi connectivity index (χ3v) is 4.90. The molecule has 6 nitrogen and oxygen atoms in total. The molecule has 0 aliphatic carbocycles. The molecule has 0 spiro atoms. The van der Waals surface area contributed by atoms with Crippen LogP contribution in [0.25, 0.3) is 6.08 Å². The lowest BCUT2D eigenvalue weighted by Gasteiger charge is -2.13. The van der Waals surface area contributed by atoms with E-state index in [1.807, 2.05) is 30.3 Å². The monoisotopic (exact) mass is 385 g/mol. The van der Waals surface area contributed by atoms with Gasteiger partial charge in [0.25, 0.3) is 17.1 Å². The summed E-state index contributed by atoms with van der Waals surface area (Å²) >= 11 is 5.95. The number of hydrogen-bond acceptors (Lipinski definition) is 5. The first kappa shape index (κ1) is 18.1. The van der Waals surface area contributed by atoms with E-state index in [2.05, 4.69) is 10.3 Å². The number of aromatic amines is 1. The molecule has 132 valence electrons. The SMILES string of the molecule is O=C(NCCN1C(=O)S/C(=C\c2ccccc2)C1=O)c1ccc[nH]c1=S. The van der Waals surface area contributed by atoms with Gasteiger partial charge in [-0.3, -0.25) is 19.3 Å². The van der Waals surface area contributed by atoms with Gasteiger partial charge in [-0.15, -0.1) is 0 Å². The van der Waals surface area contributed by atoms with E-state index in [0.29, 0.717) is 15.1 Å². The molecule has 0 saturated carbocycles. The number of imide groups is 1. The number of carbonyl (C=O) groups excluding carboxylic acids is 3. The Hall–Kier alpha value is -2.71.